The number of hydrogen-bond acceptors (Lipinski definition) is 9. The zero-order chi connectivity index (χ0) is 31.2. The third-order valence-electron chi connectivity index (χ3n) is 10.8. The molecule has 6 rings (SSSR count). The smallest absolute Gasteiger partial charge is 0.335 e. The Balaban J connectivity index is 1.52. The molecule has 2 N–H and O–H groups in total. The van der Waals surface area contributed by atoms with Crippen molar-refractivity contribution in [3.63, 3.8) is 0 Å². The van der Waals surface area contributed by atoms with Gasteiger partial charge < -0.3 is 19.9 Å². The normalized spacial score (nSPS) is 39.2. The number of aliphatic imine (C=N–C) groups is 1. The van der Waals surface area contributed by atoms with Crippen molar-refractivity contribution in [3.05, 3.63) is 69.7 Å². The van der Waals surface area contributed by atoms with E-state index in [9.17, 15) is 14.5 Å². The Hall–Kier alpha value is -3.27. The molecule has 4 aliphatic carbocycles. The molecular weight excluding hydrogens is 546 g/mol. The van der Waals surface area contributed by atoms with Gasteiger partial charge in [-0.2, -0.15) is 0 Å². The summed E-state index contributed by atoms with van der Waals surface area (Å²) in [4.78, 5) is 46.7. The van der Waals surface area contributed by atoms with Crippen molar-refractivity contribution in [2.45, 2.75) is 83.5 Å². The summed E-state index contributed by atoms with van der Waals surface area (Å²) >= 11 is 0. The third kappa shape index (κ3) is 3.97. The number of ketones is 1. The molecule has 9 heteroatoms. The van der Waals surface area contributed by atoms with Crippen LogP contribution in [0, 0.1) is 27.6 Å². The molecule has 43 heavy (non-hydrogen) atoms. The topological polar surface area (TPSA) is 130 Å². The highest BCUT2D eigenvalue weighted by molar-refractivity contribution is 6.17. The van der Waals surface area contributed by atoms with E-state index in [1.54, 1.807) is 53.1 Å². The molecule has 0 amide bonds. The van der Waals surface area contributed by atoms with E-state index in [0.29, 0.717) is 35.1 Å². The first-order chi connectivity index (χ1) is 20.2. The van der Waals surface area contributed by atoms with Crippen LogP contribution in [0.5, 0.6) is 0 Å². The van der Waals surface area contributed by atoms with E-state index in [4.69, 9.17) is 19.9 Å². The largest absolute Gasteiger partial charge is 0.452 e. The second kappa shape index (κ2) is 9.61. The highest BCUT2D eigenvalue weighted by Crippen LogP contribution is 2.72. The van der Waals surface area contributed by atoms with Crippen molar-refractivity contribution < 1.29 is 23.8 Å². The number of nitroso groups, excluding NO2 is 1. The third-order valence-corrected chi connectivity index (χ3v) is 10.8. The number of nitrogens with zero attached hydrogens (tertiary/aromatic N) is 2. The number of carbonyl (C=O) groups is 2. The van der Waals surface area contributed by atoms with Gasteiger partial charge in [-0.3, -0.25) is 9.79 Å². The maximum absolute atomic E-state index is 15.0. The van der Waals surface area contributed by atoms with Gasteiger partial charge in [-0.15, -0.1) is 4.91 Å². The van der Waals surface area contributed by atoms with Crippen molar-refractivity contribution in [1.29, 1.82) is 0 Å². The molecule has 0 radical (unpaired) electrons. The van der Waals surface area contributed by atoms with E-state index in [2.05, 4.69) is 24.0 Å². The molecule has 1 aromatic rings. The Morgan fingerprint density at radius 2 is 1.84 bits per heavy atom. The van der Waals surface area contributed by atoms with Gasteiger partial charge in [0.05, 0.1) is 17.6 Å². The highest BCUT2D eigenvalue weighted by atomic mass is 16.7. The number of rotatable bonds is 5. The standard InChI is InChI=1S/C34H41N3O6/c1-19-15-32-14-13-24-25(30(24,3)4)33(35,29(32)39)16-22-18-41-31(5,6)43-27(22)34(32,37-40)26(19)42-28(38)20(2)23(17-36-7)21-11-9-8-10-12-21/h8-12,15-17,24-27H,13-14,18,35H2,1-7H3/b23-20-,36-17?. The Bertz CT molecular complexity index is 1520. The Morgan fingerprint density at radius 1 is 1.14 bits per heavy atom. The fourth-order valence-electron chi connectivity index (χ4n) is 8.79. The van der Waals surface area contributed by atoms with Gasteiger partial charge >= 0.3 is 5.97 Å². The van der Waals surface area contributed by atoms with Gasteiger partial charge in [0.25, 0.3) is 0 Å². The molecule has 7 unspecified atom stereocenters. The fourth-order valence-corrected chi connectivity index (χ4v) is 8.79. The number of hydrogen-bond donors (Lipinski definition) is 1. The molecule has 1 aromatic carbocycles. The van der Waals surface area contributed by atoms with Crippen LogP contribution in [0.1, 0.15) is 59.9 Å². The van der Waals surface area contributed by atoms with Gasteiger partial charge in [0.15, 0.2) is 23.2 Å². The molecule has 1 saturated heterocycles. The molecule has 1 spiro atoms. The van der Waals surface area contributed by atoms with Crippen LogP contribution < -0.4 is 5.73 Å². The monoisotopic (exact) mass is 587 g/mol. The van der Waals surface area contributed by atoms with E-state index in [1.165, 1.54) is 0 Å². The molecule has 228 valence electrons. The lowest BCUT2D eigenvalue weighted by Gasteiger charge is -2.50. The second-order valence-corrected chi connectivity index (χ2v) is 14.0. The zero-order valence-corrected chi connectivity index (χ0v) is 26.0. The molecular formula is C34H41N3O6. The molecule has 7 atom stereocenters. The van der Waals surface area contributed by atoms with E-state index in [0.717, 1.165) is 5.56 Å². The molecule has 1 aliphatic heterocycles. The second-order valence-electron chi connectivity index (χ2n) is 14.0. The minimum Gasteiger partial charge on any atom is -0.452 e. The van der Waals surface area contributed by atoms with Crippen molar-refractivity contribution in [2.24, 2.45) is 38.6 Å². The average Bonchev–Trinajstić information content (AvgIpc) is 3.49. The van der Waals surface area contributed by atoms with Gasteiger partial charge in [-0.1, -0.05) is 61.5 Å². The van der Waals surface area contributed by atoms with Gasteiger partial charge in [0.2, 0.25) is 0 Å². The maximum atomic E-state index is 15.0. The van der Waals surface area contributed by atoms with Crippen LogP contribution in [0.2, 0.25) is 0 Å². The van der Waals surface area contributed by atoms with Crippen molar-refractivity contribution in [3.8, 4) is 0 Å². The Morgan fingerprint density at radius 3 is 2.49 bits per heavy atom. The van der Waals surface area contributed by atoms with Gasteiger partial charge in [0.1, 0.15) is 6.10 Å². The predicted octanol–water partition coefficient (Wildman–Crippen LogP) is 4.95. The lowest BCUT2D eigenvalue weighted by molar-refractivity contribution is -0.272. The number of ether oxygens (including phenoxy) is 3. The van der Waals surface area contributed by atoms with Crippen LogP contribution in [0.4, 0.5) is 0 Å². The number of allylic oxidation sites excluding steroid dienone is 1. The summed E-state index contributed by atoms with van der Waals surface area (Å²) < 4.78 is 18.9. The number of nitrogens with two attached hydrogens (primary N) is 1. The molecule has 2 bridgehead atoms. The number of esters is 1. The Kier molecular flexibility index (Phi) is 6.66. The average molecular weight is 588 g/mol. The zero-order valence-electron chi connectivity index (χ0n) is 26.0. The molecule has 1 heterocycles. The number of benzene rings is 1. The summed E-state index contributed by atoms with van der Waals surface area (Å²) in [7, 11) is 1.63. The highest BCUT2D eigenvalue weighted by Gasteiger charge is 2.80. The first kappa shape index (κ1) is 29.8. The summed E-state index contributed by atoms with van der Waals surface area (Å²) in [6.45, 7) is 11.4. The first-order valence-corrected chi connectivity index (χ1v) is 15.0. The molecule has 3 fully saturated rings. The molecule has 0 aromatic heterocycles. The van der Waals surface area contributed by atoms with Crippen LogP contribution in [0.15, 0.2) is 69.4 Å². The van der Waals surface area contributed by atoms with E-state index in [1.807, 2.05) is 30.3 Å². The summed E-state index contributed by atoms with van der Waals surface area (Å²) in [6.07, 6.45) is 4.08. The van der Waals surface area contributed by atoms with Gasteiger partial charge in [0, 0.05) is 24.4 Å². The SMILES string of the molecule is CN=C/C(=C(\C)C(=O)OC1C(C)=CC23CCC4C(C(N)(C=C5COC(C)(C)OC5C12N=O)C3=O)C4(C)C)c1ccccc1. The minimum absolute atomic E-state index is 0.110. The summed E-state index contributed by atoms with van der Waals surface area (Å²) in [5.74, 6) is -1.90. The van der Waals surface area contributed by atoms with Crippen LogP contribution >= 0.6 is 0 Å². The number of carbonyl (C=O) groups excluding carboxylic acids is 2. The summed E-state index contributed by atoms with van der Waals surface area (Å²) in [5, 5.41) is 3.83. The Labute approximate surface area is 252 Å². The maximum Gasteiger partial charge on any atom is 0.335 e. The van der Waals surface area contributed by atoms with E-state index < -0.39 is 40.5 Å². The van der Waals surface area contributed by atoms with Gasteiger partial charge in [-0.25, -0.2) is 4.79 Å². The number of fused-ring (bicyclic) bond motifs is 5. The van der Waals surface area contributed by atoms with Crippen molar-refractivity contribution in [1.82, 2.24) is 0 Å². The van der Waals surface area contributed by atoms with E-state index >= 15 is 0 Å². The lowest BCUT2D eigenvalue weighted by Crippen LogP contribution is -2.67. The summed E-state index contributed by atoms with van der Waals surface area (Å²) in [5.41, 5.74) is 5.29. The van der Waals surface area contributed by atoms with Crippen LogP contribution in [0.3, 0.4) is 0 Å². The molecule has 5 aliphatic rings. The van der Waals surface area contributed by atoms with Crippen LogP contribution in [-0.2, 0) is 23.8 Å². The number of Topliss-reactive ketones (excluding diaryl/α,β-unsaturated/α-hetero) is 1. The molecule has 2 saturated carbocycles. The predicted molar refractivity (Wildman–Crippen MR) is 163 cm³/mol. The van der Waals surface area contributed by atoms with Gasteiger partial charge in [-0.05, 0) is 74.5 Å². The quantitative estimate of drug-likeness (QED) is 0.170. The fraction of sp³-hybridized carbons (Fsp3) is 0.559. The van der Waals surface area contributed by atoms with Crippen LogP contribution in [-0.4, -0.2) is 60.7 Å². The lowest BCUT2D eigenvalue weighted by atomic mass is 9.60. The minimum atomic E-state index is -1.81. The summed E-state index contributed by atoms with van der Waals surface area (Å²) in [6, 6.07) is 9.42. The van der Waals surface area contributed by atoms with Crippen molar-refractivity contribution in [2.75, 3.05) is 13.7 Å². The first-order valence-electron chi connectivity index (χ1n) is 15.0. The van der Waals surface area contributed by atoms with Crippen molar-refractivity contribution >= 4 is 23.5 Å². The molecule has 9 nitrogen and oxygen atoms in total. The van der Waals surface area contributed by atoms with Crippen LogP contribution in [0.25, 0.3) is 5.57 Å². The van der Waals surface area contributed by atoms with E-state index in [-0.39, 0.29) is 29.6 Å².